The van der Waals surface area contributed by atoms with Crippen LogP contribution in [0, 0.1) is 0 Å². The number of hydrogen-bond acceptors (Lipinski definition) is 4. The lowest BCUT2D eigenvalue weighted by molar-refractivity contribution is -0.137. The molecule has 0 aliphatic rings. The maximum absolute atomic E-state index is 13.0. The van der Waals surface area contributed by atoms with Gasteiger partial charge in [0.2, 0.25) is 5.91 Å². The zero-order chi connectivity index (χ0) is 19.3. The third kappa shape index (κ3) is 5.35. The van der Waals surface area contributed by atoms with E-state index in [-0.39, 0.29) is 16.4 Å². The van der Waals surface area contributed by atoms with Crippen LogP contribution in [0.5, 0.6) is 0 Å². The van der Waals surface area contributed by atoms with E-state index in [2.05, 4.69) is 15.3 Å². The van der Waals surface area contributed by atoms with Crippen molar-refractivity contribution < 1.29 is 18.0 Å². The van der Waals surface area contributed by atoms with Crippen molar-refractivity contribution in [2.24, 2.45) is 0 Å². The van der Waals surface area contributed by atoms with Crippen LogP contribution in [0.1, 0.15) is 31.5 Å². The molecule has 0 aliphatic heterocycles. The first-order valence-electron chi connectivity index (χ1n) is 7.94. The Labute approximate surface area is 152 Å². The summed E-state index contributed by atoms with van der Waals surface area (Å²) in [5.74, 6) is -0.616. The van der Waals surface area contributed by atoms with Crippen molar-refractivity contribution in [1.82, 2.24) is 9.97 Å². The van der Waals surface area contributed by atoms with Crippen LogP contribution in [0.25, 0.3) is 0 Å². The molecule has 1 heterocycles. The second kappa shape index (κ2) is 8.39. The Morgan fingerprint density at radius 1 is 1.35 bits per heavy atom. The number of hydrogen-bond donors (Lipinski definition) is 2. The maximum atomic E-state index is 13.0. The predicted octanol–water partition coefficient (Wildman–Crippen LogP) is 3.86. The number of carbonyl (C=O) groups is 1. The summed E-state index contributed by atoms with van der Waals surface area (Å²) in [6, 6.07) is 6.15. The summed E-state index contributed by atoms with van der Waals surface area (Å²) >= 11 is 0.979. The second-order valence-corrected chi connectivity index (χ2v) is 6.91. The van der Waals surface area contributed by atoms with Crippen LogP contribution in [0.4, 0.5) is 18.9 Å². The summed E-state index contributed by atoms with van der Waals surface area (Å²) < 4.78 is 39.0. The molecule has 1 unspecified atom stereocenters. The predicted molar refractivity (Wildman–Crippen MR) is 94.2 cm³/mol. The number of halogens is 3. The SMILES string of the molecule is CCCc1cc(=O)[nH]c(SC(C)C(=O)Nc2ccccc2C(F)(F)F)n1. The maximum Gasteiger partial charge on any atom is 0.418 e. The highest BCUT2D eigenvalue weighted by Gasteiger charge is 2.33. The first kappa shape index (κ1) is 20.0. The van der Waals surface area contributed by atoms with Crippen molar-refractivity contribution in [1.29, 1.82) is 0 Å². The molecule has 0 bridgehead atoms. The zero-order valence-corrected chi connectivity index (χ0v) is 15.0. The van der Waals surface area contributed by atoms with Crippen molar-refractivity contribution in [3.63, 3.8) is 0 Å². The number of anilines is 1. The molecule has 0 saturated heterocycles. The normalized spacial score (nSPS) is 12.7. The number of alkyl halides is 3. The van der Waals surface area contributed by atoms with Crippen molar-refractivity contribution in [3.05, 3.63) is 51.9 Å². The molecule has 1 aromatic carbocycles. The average molecular weight is 385 g/mol. The van der Waals surface area contributed by atoms with Gasteiger partial charge in [0.1, 0.15) is 0 Å². The molecule has 2 N–H and O–H groups in total. The van der Waals surface area contributed by atoms with E-state index in [0.717, 1.165) is 24.2 Å². The van der Waals surface area contributed by atoms with E-state index in [4.69, 9.17) is 0 Å². The van der Waals surface area contributed by atoms with E-state index in [1.54, 1.807) is 0 Å². The number of benzene rings is 1. The number of aryl methyl sites for hydroxylation is 1. The van der Waals surface area contributed by atoms with Crippen LogP contribution in [0.15, 0.2) is 40.3 Å². The van der Waals surface area contributed by atoms with Crippen molar-refractivity contribution >= 4 is 23.4 Å². The Balaban J connectivity index is 2.13. The quantitative estimate of drug-likeness (QED) is 0.585. The highest BCUT2D eigenvalue weighted by molar-refractivity contribution is 8.00. The number of amides is 1. The Kier molecular flexibility index (Phi) is 6.47. The molecule has 0 aliphatic carbocycles. The number of para-hydroxylation sites is 1. The van der Waals surface area contributed by atoms with Gasteiger partial charge in [-0.1, -0.05) is 37.2 Å². The van der Waals surface area contributed by atoms with Gasteiger partial charge in [-0.05, 0) is 25.5 Å². The number of nitrogens with one attached hydrogen (secondary N) is 2. The minimum atomic E-state index is -4.57. The first-order chi connectivity index (χ1) is 12.2. The third-order valence-corrected chi connectivity index (χ3v) is 4.41. The van der Waals surface area contributed by atoms with E-state index in [0.29, 0.717) is 12.1 Å². The number of aromatic nitrogens is 2. The van der Waals surface area contributed by atoms with Gasteiger partial charge >= 0.3 is 6.18 Å². The number of H-pyrrole nitrogens is 1. The molecule has 5 nitrogen and oxygen atoms in total. The van der Waals surface area contributed by atoms with Gasteiger partial charge in [0.25, 0.3) is 5.56 Å². The van der Waals surface area contributed by atoms with Gasteiger partial charge in [0.15, 0.2) is 5.16 Å². The van der Waals surface area contributed by atoms with E-state index in [1.807, 2.05) is 6.92 Å². The second-order valence-electron chi connectivity index (χ2n) is 5.58. The largest absolute Gasteiger partial charge is 0.418 e. The van der Waals surface area contributed by atoms with Gasteiger partial charge in [-0.2, -0.15) is 13.2 Å². The lowest BCUT2D eigenvalue weighted by atomic mass is 10.1. The number of aromatic amines is 1. The fourth-order valence-corrected chi connectivity index (χ4v) is 3.05. The molecule has 1 atom stereocenters. The molecule has 0 radical (unpaired) electrons. The van der Waals surface area contributed by atoms with E-state index < -0.39 is 22.9 Å². The minimum Gasteiger partial charge on any atom is -0.325 e. The average Bonchev–Trinajstić information content (AvgIpc) is 2.54. The van der Waals surface area contributed by atoms with E-state index >= 15 is 0 Å². The molecule has 2 rings (SSSR count). The lowest BCUT2D eigenvalue weighted by Crippen LogP contribution is -2.25. The smallest absolute Gasteiger partial charge is 0.325 e. The molecule has 0 spiro atoms. The minimum absolute atomic E-state index is 0.257. The molecular weight excluding hydrogens is 367 g/mol. The van der Waals surface area contributed by atoms with Crippen molar-refractivity contribution in [2.75, 3.05) is 5.32 Å². The molecule has 0 fully saturated rings. The Morgan fingerprint density at radius 2 is 2.04 bits per heavy atom. The summed E-state index contributed by atoms with van der Waals surface area (Å²) in [5, 5.41) is 1.80. The summed E-state index contributed by atoms with van der Waals surface area (Å²) in [6.07, 6.45) is -3.14. The monoisotopic (exact) mass is 385 g/mol. The van der Waals surface area contributed by atoms with Gasteiger partial charge in [-0.15, -0.1) is 0 Å². The van der Waals surface area contributed by atoms with Crippen LogP contribution in [0.3, 0.4) is 0 Å². The lowest BCUT2D eigenvalue weighted by Gasteiger charge is -2.16. The summed E-state index contributed by atoms with van der Waals surface area (Å²) in [4.78, 5) is 30.7. The number of rotatable bonds is 6. The highest BCUT2D eigenvalue weighted by atomic mass is 32.2. The van der Waals surface area contributed by atoms with Crippen LogP contribution in [-0.4, -0.2) is 21.1 Å². The zero-order valence-electron chi connectivity index (χ0n) is 14.2. The van der Waals surface area contributed by atoms with Gasteiger partial charge in [-0.25, -0.2) is 4.98 Å². The summed E-state index contributed by atoms with van der Waals surface area (Å²) in [6.45, 7) is 3.48. The van der Waals surface area contributed by atoms with Crippen LogP contribution < -0.4 is 10.9 Å². The Hall–Kier alpha value is -2.29. The van der Waals surface area contributed by atoms with Crippen LogP contribution >= 0.6 is 11.8 Å². The van der Waals surface area contributed by atoms with E-state index in [9.17, 15) is 22.8 Å². The van der Waals surface area contributed by atoms with E-state index in [1.165, 1.54) is 31.2 Å². The molecule has 140 valence electrons. The third-order valence-electron chi connectivity index (χ3n) is 3.43. The first-order valence-corrected chi connectivity index (χ1v) is 8.82. The molecule has 2 aromatic rings. The number of nitrogens with zero attached hydrogens (tertiary/aromatic N) is 1. The summed E-state index contributed by atoms with van der Waals surface area (Å²) in [5.41, 5.74) is -0.949. The topological polar surface area (TPSA) is 74.8 Å². The fourth-order valence-electron chi connectivity index (χ4n) is 2.22. The highest BCUT2D eigenvalue weighted by Crippen LogP contribution is 2.35. The summed E-state index contributed by atoms with van der Waals surface area (Å²) in [7, 11) is 0. The van der Waals surface area contributed by atoms with Gasteiger partial charge in [-0.3, -0.25) is 9.59 Å². The van der Waals surface area contributed by atoms with Gasteiger partial charge in [0, 0.05) is 11.8 Å². The molecule has 26 heavy (non-hydrogen) atoms. The molecule has 0 saturated carbocycles. The molecule has 9 heteroatoms. The number of thioether (sulfide) groups is 1. The molecule has 1 amide bonds. The standard InChI is InChI=1S/C17H18F3N3O2S/c1-3-6-11-9-14(24)23-16(21-11)26-10(2)15(25)22-13-8-5-4-7-12(13)17(18,19)20/h4-5,7-10H,3,6H2,1-2H3,(H,22,25)(H,21,23,24). The Bertz CT molecular complexity index is 836. The van der Waals surface area contributed by atoms with Crippen molar-refractivity contribution in [2.45, 2.75) is 43.3 Å². The van der Waals surface area contributed by atoms with Crippen LogP contribution in [0.2, 0.25) is 0 Å². The molecular formula is C17H18F3N3O2S. The fraction of sp³-hybridized carbons (Fsp3) is 0.353. The molecule has 1 aromatic heterocycles. The van der Waals surface area contributed by atoms with Crippen LogP contribution in [-0.2, 0) is 17.4 Å². The van der Waals surface area contributed by atoms with Crippen molar-refractivity contribution in [3.8, 4) is 0 Å². The Morgan fingerprint density at radius 3 is 2.69 bits per heavy atom. The number of carbonyl (C=O) groups excluding carboxylic acids is 1. The van der Waals surface area contributed by atoms with Gasteiger partial charge < -0.3 is 10.3 Å². The van der Waals surface area contributed by atoms with Gasteiger partial charge in [0.05, 0.1) is 16.5 Å².